The van der Waals surface area contributed by atoms with Gasteiger partial charge in [-0.25, -0.2) is 0 Å². The summed E-state index contributed by atoms with van der Waals surface area (Å²) in [5.74, 6) is 0. The summed E-state index contributed by atoms with van der Waals surface area (Å²) in [5, 5.41) is 12.5. The fourth-order valence-electron chi connectivity index (χ4n) is 1.66. The van der Waals surface area contributed by atoms with Gasteiger partial charge in [-0.15, -0.1) is 0 Å². The zero-order chi connectivity index (χ0) is 10.8. The number of aliphatic hydroxyl groups excluding tert-OH is 1. The highest BCUT2D eigenvalue weighted by atomic mass is 16.3. The van der Waals surface area contributed by atoms with Crippen LogP contribution in [0, 0.1) is 0 Å². The maximum atomic E-state index is 9.02. The number of unbranched alkanes of at least 4 members (excludes halogenated alkanes) is 3. The van der Waals surface area contributed by atoms with Crippen LogP contribution in [0.25, 0.3) is 0 Å². The summed E-state index contributed by atoms with van der Waals surface area (Å²) in [5.41, 5.74) is 0. The lowest BCUT2D eigenvalue weighted by atomic mass is 10.1. The van der Waals surface area contributed by atoms with E-state index >= 15 is 0 Å². The van der Waals surface area contributed by atoms with Gasteiger partial charge in [0.15, 0.2) is 0 Å². The van der Waals surface area contributed by atoms with Crippen molar-refractivity contribution in [3.8, 4) is 0 Å². The molecule has 2 N–H and O–H groups in total. The predicted molar refractivity (Wildman–Crippen MR) is 62.5 cm³/mol. The molecule has 2 heteroatoms. The van der Waals surface area contributed by atoms with Crippen LogP contribution in [0.4, 0.5) is 0 Å². The Kier molecular flexibility index (Phi) is 9.42. The van der Waals surface area contributed by atoms with Gasteiger partial charge < -0.3 is 10.4 Å². The number of hydrogen-bond acceptors (Lipinski definition) is 2. The standard InChI is InChI=1S/C12H27NO/c1-4-6-7-8-9-11(3)13-12(5-2)10-14/h11-14H,4-10H2,1-3H3/t11?,12-/m0/s1. The third-order valence-electron chi connectivity index (χ3n) is 2.72. The second kappa shape index (κ2) is 9.47. The molecule has 0 aromatic rings. The molecule has 0 aliphatic carbocycles. The molecule has 0 heterocycles. The summed E-state index contributed by atoms with van der Waals surface area (Å²) in [6.07, 6.45) is 7.55. The summed E-state index contributed by atoms with van der Waals surface area (Å²) in [4.78, 5) is 0. The van der Waals surface area contributed by atoms with Crippen LogP contribution in [-0.2, 0) is 0 Å². The van der Waals surface area contributed by atoms with Gasteiger partial charge in [0.1, 0.15) is 0 Å². The zero-order valence-corrected chi connectivity index (χ0v) is 10.1. The van der Waals surface area contributed by atoms with Crippen LogP contribution in [0.5, 0.6) is 0 Å². The summed E-state index contributed by atoms with van der Waals surface area (Å²) >= 11 is 0. The Balaban J connectivity index is 3.38. The van der Waals surface area contributed by atoms with E-state index in [9.17, 15) is 0 Å². The van der Waals surface area contributed by atoms with E-state index in [-0.39, 0.29) is 12.6 Å². The Hall–Kier alpha value is -0.0800. The average Bonchev–Trinajstić information content (AvgIpc) is 2.21. The van der Waals surface area contributed by atoms with Crippen LogP contribution in [0.15, 0.2) is 0 Å². The number of hydrogen-bond donors (Lipinski definition) is 2. The van der Waals surface area contributed by atoms with Crippen LogP contribution in [0.1, 0.15) is 59.3 Å². The minimum atomic E-state index is 0.260. The minimum absolute atomic E-state index is 0.260. The highest BCUT2D eigenvalue weighted by Gasteiger charge is 2.08. The van der Waals surface area contributed by atoms with Crippen LogP contribution in [0.3, 0.4) is 0 Å². The summed E-state index contributed by atoms with van der Waals surface area (Å²) < 4.78 is 0. The van der Waals surface area contributed by atoms with Crippen molar-refractivity contribution < 1.29 is 5.11 Å². The Bertz CT molecular complexity index is 113. The van der Waals surface area contributed by atoms with Crippen molar-refractivity contribution >= 4 is 0 Å². The average molecular weight is 201 g/mol. The van der Waals surface area contributed by atoms with E-state index in [1.54, 1.807) is 0 Å². The molecule has 0 radical (unpaired) electrons. The number of aliphatic hydroxyl groups is 1. The normalized spacial score (nSPS) is 15.4. The van der Waals surface area contributed by atoms with Crippen LogP contribution in [0.2, 0.25) is 0 Å². The first-order valence-corrected chi connectivity index (χ1v) is 6.11. The van der Waals surface area contributed by atoms with Gasteiger partial charge in [0, 0.05) is 12.1 Å². The van der Waals surface area contributed by atoms with Gasteiger partial charge in [0.05, 0.1) is 6.61 Å². The SMILES string of the molecule is CCCCCCC(C)N[C@@H](CC)CO. The Morgan fingerprint density at radius 2 is 1.86 bits per heavy atom. The van der Waals surface area contributed by atoms with Crippen LogP contribution < -0.4 is 5.32 Å². The van der Waals surface area contributed by atoms with Crippen LogP contribution >= 0.6 is 0 Å². The van der Waals surface area contributed by atoms with Crippen molar-refractivity contribution in [1.82, 2.24) is 5.32 Å². The largest absolute Gasteiger partial charge is 0.395 e. The Labute approximate surface area is 89.1 Å². The van der Waals surface area contributed by atoms with E-state index in [0.29, 0.717) is 6.04 Å². The van der Waals surface area contributed by atoms with Crippen molar-refractivity contribution in [3.63, 3.8) is 0 Å². The molecule has 0 saturated carbocycles. The predicted octanol–water partition coefficient (Wildman–Crippen LogP) is 2.71. The fraction of sp³-hybridized carbons (Fsp3) is 1.00. The number of rotatable bonds is 9. The van der Waals surface area contributed by atoms with E-state index in [4.69, 9.17) is 5.11 Å². The molecule has 2 nitrogen and oxygen atoms in total. The molecule has 0 rings (SSSR count). The van der Waals surface area contributed by atoms with Gasteiger partial charge in [0.2, 0.25) is 0 Å². The molecule has 86 valence electrons. The van der Waals surface area contributed by atoms with Crippen molar-refractivity contribution in [3.05, 3.63) is 0 Å². The Morgan fingerprint density at radius 3 is 2.36 bits per heavy atom. The van der Waals surface area contributed by atoms with Gasteiger partial charge in [-0.2, -0.15) is 0 Å². The number of nitrogens with one attached hydrogen (secondary N) is 1. The first-order chi connectivity index (χ1) is 6.74. The maximum Gasteiger partial charge on any atom is 0.0584 e. The van der Waals surface area contributed by atoms with Crippen molar-refractivity contribution in [1.29, 1.82) is 0 Å². The highest BCUT2D eigenvalue weighted by Crippen LogP contribution is 2.06. The molecule has 0 fully saturated rings. The zero-order valence-electron chi connectivity index (χ0n) is 10.1. The lowest BCUT2D eigenvalue weighted by Gasteiger charge is -2.20. The van der Waals surface area contributed by atoms with E-state index < -0.39 is 0 Å². The summed E-state index contributed by atoms with van der Waals surface area (Å²) in [6.45, 7) is 6.82. The molecule has 0 spiro atoms. The quantitative estimate of drug-likeness (QED) is 0.562. The lowest BCUT2D eigenvalue weighted by Crippen LogP contribution is -2.38. The third kappa shape index (κ3) is 7.34. The van der Waals surface area contributed by atoms with Gasteiger partial charge in [-0.1, -0.05) is 39.5 Å². The first-order valence-electron chi connectivity index (χ1n) is 6.11. The monoisotopic (exact) mass is 201 g/mol. The van der Waals surface area contributed by atoms with Crippen molar-refractivity contribution in [2.75, 3.05) is 6.61 Å². The molecule has 14 heavy (non-hydrogen) atoms. The van der Waals surface area contributed by atoms with E-state index in [1.807, 2.05) is 0 Å². The summed E-state index contributed by atoms with van der Waals surface area (Å²) in [7, 11) is 0. The smallest absolute Gasteiger partial charge is 0.0584 e. The van der Waals surface area contributed by atoms with E-state index in [0.717, 1.165) is 6.42 Å². The molecule has 0 aliphatic rings. The van der Waals surface area contributed by atoms with Gasteiger partial charge >= 0.3 is 0 Å². The fourth-order valence-corrected chi connectivity index (χ4v) is 1.66. The molecule has 1 unspecified atom stereocenters. The van der Waals surface area contributed by atoms with Gasteiger partial charge in [-0.3, -0.25) is 0 Å². The minimum Gasteiger partial charge on any atom is -0.395 e. The van der Waals surface area contributed by atoms with E-state index in [2.05, 4.69) is 26.1 Å². The lowest BCUT2D eigenvalue weighted by molar-refractivity contribution is 0.227. The highest BCUT2D eigenvalue weighted by molar-refractivity contribution is 4.69. The maximum absolute atomic E-state index is 9.02. The molecule has 0 aromatic carbocycles. The van der Waals surface area contributed by atoms with Gasteiger partial charge in [0.25, 0.3) is 0 Å². The molecule has 2 atom stereocenters. The molecule has 0 bridgehead atoms. The first kappa shape index (κ1) is 13.9. The molecule has 0 aromatic heterocycles. The molecular formula is C12H27NO. The van der Waals surface area contributed by atoms with E-state index in [1.165, 1.54) is 32.1 Å². The van der Waals surface area contributed by atoms with Crippen molar-refractivity contribution in [2.24, 2.45) is 0 Å². The summed E-state index contributed by atoms with van der Waals surface area (Å²) in [6, 6.07) is 0.833. The van der Waals surface area contributed by atoms with Crippen LogP contribution in [-0.4, -0.2) is 23.8 Å². The van der Waals surface area contributed by atoms with Gasteiger partial charge in [-0.05, 0) is 19.8 Å². The van der Waals surface area contributed by atoms with Crippen molar-refractivity contribution in [2.45, 2.75) is 71.4 Å². The Morgan fingerprint density at radius 1 is 1.14 bits per heavy atom. The second-order valence-corrected chi connectivity index (χ2v) is 4.20. The second-order valence-electron chi connectivity index (χ2n) is 4.20. The molecule has 0 aliphatic heterocycles. The molecule has 0 saturated heterocycles. The third-order valence-corrected chi connectivity index (χ3v) is 2.72. The molecular weight excluding hydrogens is 174 g/mol. The topological polar surface area (TPSA) is 32.3 Å². The molecule has 0 amide bonds.